The molecule has 2 rings (SSSR count). The molecule has 0 aliphatic rings. The number of rotatable bonds is 2. The third-order valence-corrected chi connectivity index (χ3v) is 3.02. The third kappa shape index (κ3) is 2.66. The van der Waals surface area contributed by atoms with Gasteiger partial charge in [-0.2, -0.15) is 0 Å². The number of H-pyrrole nitrogens is 1. The first kappa shape index (κ1) is 11.3. The van der Waals surface area contributed by atoms with Gasteiger partial charge in [0.1, 0.15) is 0 Å². The van der Waals surface area contributed by atoms with Crippen LogP contribution < -0.4 is 5.32 Å². The van der Waals surface area contributed by atoms with Crippen LogP contribution in [0.25, 0.3) is 0 Å². The van der Waals surface area contributed by atoms with Gasteiger partial charge in [-0.1, -0.05) is 22.9 Å². The van der Waals surface area contributed by atoms with Crippen molar-refractivity contribution in [2.75, 3.05) is 5.32 Å². The minimum absolute atomic E-state index is 0.241. The summed E-state index contributed by atoms with van der Waals surface area (Å²) in [5.41, 5.74) is 0.519. The monoisotopic (exact) mass is 271 g/mol. The van der Waals surface area contributed by atoms with E-state index < -0.39 is 0 Å². The number of anilines is 1. The lowest BCUT2D eigenvalue weighted by Gasteiger charge is -2.00. The van der Waals surface area contributed by atoms with E-state index in [1.165, 1.54) is 11.3 Å². The van der Waals surface area contributed by atoms with E-state index in [1.54, 1.807) is 24.3 Å². The quantitative estimate of drug-likeness (QED) is 0.825. The number of aromatic nitrogens is 2. The van der Waals surface area contributed by atoms with Gasteiger partial charge in [0.15, 0.2) is 3.95 Å². The molecular formula is C9H6ClN3OS2. The van der Waals surface area contributed by atoms with Gasteiger partial charge >= 0.3 is 0 Å². The van der Waals surface area contributed by atoms with Gasteiger partial charge in [-0.3, -0.25) is 15.2 Å². The molecule has 0 saturated carbocycles. The number of halogens is 1. The molecule has 1 aromatic carbocycles. The van der Waals surface area contributed by atoms with Crippen LogP contribution in [0.4, 0.5) is 5.13 Å². The Labute approximate surface area is 105 Å². The molecule has 0 unspecified atom stereocenters. The lowest BCUT2D eigenvalue weighted by atomic mass is 10.2. The van der Waals surface area contributed by atoms with E-state index in [4.69, 9.17) is 23.8 Å². The maximum absolute atomic E-state index is 11.7. The van der Waals surface area contributed by atoms with Crippen molar-refractivity contribution in [2.45, 2.75) is 0 Å². The highest BCUT2D eigenvalue weighted by Gasteiger charge is 2.07. The third-order valence-electron chi connectivity index (χ3n) is 1.76. The van der Waals surface area contributed by atoms with Gasteiger partial charge in [0, 0.05) is 10.6 Å². The molecule has 2 N–H and O–H groups in total. The molecular weight excluding hydrogens is 266 g/mol. The molecule has 0 bridgehead atoms. The summed E-state index contributed by atoms with van der Waals surface area (Å²) in [7, 11) is 0. The van der Waals surface area contributed by atoms with E-state index in [0.717, 1.165) is 0 Å². The summed E-state index contributed by atoms with van der Waals surface area (Å²) in [6, 6.07) is 6.60. The number of carbonyl (C=O) groups excluding carboxylic acids is 1. The number of benzene rings is 1. The Morgan fingerprint density at radius 2 is 2.12 bits per heavy atom. The summed E-state index contributed by atoms with van der Waals surface area (Å²) in [4.78, 5) is 11.7. The van der Waals surface area contributed by atoms with Gasteiger partial charge in [0.05, 0.1) is 0 Å². The smallest absolute Gasteiger partial charge is 0.257 e. The van der Waals surface area contributed by atoms with Gasteiger partial charge in [-0.15, -0.1) is 5.10 Å². The molecule has 2 aromatic rings. The summed E-state index contributed by atoms with van der Waals surface area (Å²) in [5, 5.41) is 10.1. The Balaban J connectivity index is 2.14. The molecule has 82 valence electrons. The van der Waals surface area contributed by atoms with E-state index >= 15 is 0 Å². The number of hydrogen-bond acceptors (Lipinski definition) is 4. The van der Waals surface area contributed by atoms with Crippen molar-refractivity contribution in [3.05, 3.63) is 38.8 Å². The van der Waals surface area contributed by atoms with Crippen LogP contribution in [-0.2, 0) is 0 Å². The maximum atomic E-state index is 11.7. The van der Waals surface area contributed by atoms with Crippen molar-refractivity contribution in [1.29, 1.82) is 0 Å². The van der Waals surface area contributed by atoms with Crippen molar-refractivity contribution >= 4 is 46.2 Å². The lowest BCUT2D eigenvalue weighted by Crippen LogP contribution is -2.11. The fourth-order valence-electron chi connectivity index (χ4n) is 1.05. The Morgan fingerprint density at radius 3 is 2.69 bits per heavy atom. The zero-order valence-corrected chi connectivity index (χ0v) is 10.2. The number of carbonyl (C=O) groups is 1. The van der Waals surface area contributed by atoms with E-state index in [-0.39, 0.29) is 5.91 Å². The maximum Gasteiger partial charge on any atom is 0.257 e. The highest BCUT2D eigenvalue weighted by molar-refractivity contribution is 7.73. The Morgan fingerprint density at radius 1 is 1.44 bits per heavy atom. The van der Waals surface area contributed by atoms with E-state index in [2.05, 4.69) is 15.5 Å². The second-order valence-electron chi connectivity index (χ2n) is 2.88. The summed E-state index contributed by atoms with van der Waals surface area (Å²) < 4.78 is 0.520. The highest BCUT2D eigenvalue weighted by atomic mass is 35.5. The fourth-order valence-corrected chi connectivity index (χ4v) is 1.96. The zero-order chi connectivity index (χ0) is 11.5. The van der Waals surface area contributed by atoms with Crippen molar-refractivity contribution in [3.63, 3.8) is 0 Å². The number of aromatic amines is 1. The molecule has 0 radical (unpaired) electrons. The second kappa shape index (κ2) is 4.73. The van der Waals surface area contributed by atoms with Crippen LogP contribution in [0.5, 0.6) is 0 Å². The molecule has 7 heteroatoms. The molecule has 0 aliphatic heterocycles. The predicted octanol–water partition coefficient (Wildman–Crippen LogP) is 3.11. The van der Waals surface area contributed by atoms with Crippen LogP contribution in [-0.4, -0.2) is 16.1 Å². The molecule has 1 heterocycles. The summed E-state index contributed by atoms with van der Waals surface area (Å²) in [5.74, 6) is -0.241. The first-order chi connectivity index (χ1) is 7.65. The Hall–Kier alpha value is -1.24. The summed E-state index contributed by atoms with van der Waals surface area (Å²) in [6.45, 7) is 0. The predicted molar refractivity (Wildman–Crippen MR) is 66.7 cm³/mol. The first-order valence-corrected chi connectivity index (χ1v) is 5.88. The topological polar surface area (TPSA) is 57.8 Å². The van der Waals surface area contributed by atoms with Crippen LogP contribution in [0.15, 0.2) is 24.3 Å². The van der Waals surface area contributed by atoms with Gasteiger partial charge in [0.2, 0.25) is 5.13 Å². The molecule has 4 nitrogen and oxygen atoms in total. The van der Waals surface area contributed by atoms with Gasteiger partial charge in [-0.05, 0) is 36.5 Å². The van der Waals surface area contributed by atoms with Crippen molar-refractivity contribution < 1.29 is 4.79 Å². The molecule has 0 aliphatic carbocycles. The molecule has 1 aromatic heterocycles. The average Bonchev–Trinajstić information content (AvgIpc) is 2.65. The van der Waals surface area contributed by atoms with E-state index in [1.807, 2.05) is 0 Å². The largest absolute Gasteiger partial charge is 0.296 e. The Kier molecular flexibility index (Phi) is 3.33. The normalized spacial score (nSPS) is 10.1. The van der Waals surface area contributed by atoms with Gasteiger partial charge < -0.3 is 0 Å². The molecule has 1 amide bonds. The van der Waals surface area contributed by atoms with E-state index in [0.29, 0.717) is 19.7 Å². The van der Waals surface area contributed by atoms with Crippen molar-refractivity contribution in [3.8, 4) is 0 Å². The van der Waals surface area contributed by atoms with Gasteiger partial charge in [0.25, 0.3) is 5.91 Å². The highest BCUT2D eigenvalue weighted by Crippen LogP contribution is 2.14. The fraction of sp³-hybridized carbons (Fsp3) is 0. The zero-order valence-electron chi connectivity index (χ0n) is 7.86. The molecule has 0 atom stereocenters. The summed E-state index contributed by atoms with van der Waals surface area (Å²) in [6.07, 6.45) is 0. The van der Waals surface area contributed by atoms with Crippen LogP contribution in [0.1, 0.15) is 10.4 Å². The number of hydrogen-bond donors (Lipinski definition) is 2. The molecule has 16 heavy (non-hydrogen) atoms. The van der Waals surface area contributed by atoms with Crippen LogP contribution in [0.2, 0.25) is 5.02 Å². The van der Waals surface area contributed by atoms with Gasteiger partial charge in [-0.25, -0.2) is 0 Å². The lowest BCUT2D eigenvalue weighted by molar-refractivity contribution is 0.102. The summed E-state index contributed by atoms with van der Waals surface area (Å²) >= 11 is 11.8. The number of nitrogens with one attached hydrogen (secondary N) is 2. The molecule has 0 fully saturated rings. The van der Waals surface area contributed by atoms with Crippen LogP contribution in [0, 0.1) is 3.95 Å². The molecule has 0 saturated heterocycles. The standard InChI is InChI=1S/C9H6ClN3OS2/c10-6-3-1-5(2-4-6)7(14)11-8-12-13-9(15)16-8/h1-4H,(H,13,15)(H,11,12,14). The van der Waals surface area contributed by atoms with Crippen molar-refractivity contribution in [2.24, 2.45) is 0 Å². The molecule has 0 spiro atoms. The SMILES string of the molecule is O=C(Nc1n[nH]c(=S)s1)c1ccc(Cl)cc1. The van der Waals surface area contributed by atoms with Crippen LogP contribution in [0.3, 0.4) is 0 Å². The Bertz CT molecular complexity index is 561. The number of amides is 1. The second-order valence-corrected chi connectivity index (χ2v) is 4.98. The average molecular weight is 272 g/mol. The van der Waals surface area contributed by atoms with E-state index in [9.17, 15) is 4.79 Å². The minimum atomic E-state index is -0.241. The number of nitrogens with zero attached hydrogens (tertiary/aromatic N) is 1. The van der Waals surface area contributed by atoms with Crippen molar-refractivity contribution in [1.82, 2.24) is 10.2 Å². The minimum Gasteiger partial charge on any atom is -0.296 e. The first-order valence-electron chi connectivity index (χ1n) is 4.27. The van der Waals surface area contributed by atoms with Crippen LogP contribution >= 0.6 is 35.2 Å².